The van der Waals surface area contributed by atoms with Crippen molar-refractivity contribution in [3.8, 4) is 5.75 Å². The third-order valence-corrected chi connectivity index (χ3v) is 3.01. The van der Waals surface area contributed by atoms with Gasteiger partial charge in [0.1, 0.15) is 0 Å². The highest BCUT2D eigenvalue weighted by Crippen LogP contribution is 2.29. The van der Waals surface area contributed by atoms with Gasteiger partial charge in [-0.2, -0.15) is 0 Å². The van der Waals surface area contributed by atoms with Crippen LogP contribution in [-0.4, -0.2) is 23.9 Å². The Bertz CT molecular complexity index is 436. The van der Waals surface area contributed by atoms with Gasteiger partial charge in [-0.1, -0.05) is 20.3 Å². The summed E-state index contributed by atoms with van der Waals surface area (Å²) >= 11 is 0. The Morgan fingerprint density at radius 3 is 2.65 bits per heavy atom. The smallest absolute Gasteiger partial charge is 0.167 e. The molecule has 1 rings (SSSR count). The fraction of sp³-hybridized carbons (Fsp3) is 0.600. The maximum Gasteiger partial charge on any atom is 0.167 e. The van der Waals surface area contributed by atoms with Gasteiger partial charge in [-0.05, 0) is 19.8 Å². The van der Waals surface area contributed by atoms with E-state index in [0.717, 1.165) is 12.8 Å². The van der Waals surface area contributed by atoms with Crippen LogP contribution in [0.25, 0.3) is 0 Å². The topological polar surface area (TPSA) is 67.5 Å². The SMILES string of the molecule is CCCOc1cc(NCC(C)(O)CCC)c(N)cc1F. The summed E-state index contributed by atoms with van der Waals surface area (Å²) in [6.45, 7) is 6.53. The lowest BCUT2D eigenvalue weighted by atomic mass is 10.0. The molecule has 5 heteroatoms. The predicted octanol–water partition coefficient (Wildman–Crippen LogP) is 3.16. The highest BCUT2D eigenvalue weighted by atomic mass is 19.1. The molecule has 1 atom stereocenters. The van der Waals surface area contributed by atoms with Gasteiger partial charge in [0.15, 0.2) is 11.6 Å². The van der Waals surface area contributed by atoms with E-state index >= 15 is 0 Å². The molecule has 0 saturated carbocycles. The maximum absolute atomic E-state index is 13.7. The number of ether oxygens (including phenoxy) is 1. The molecule has 1 unspecified atom stereocenters. The number of anilines is 2. The van der Waals surface area contributed by atoms with Crippen LogP contribution in [0.5, 0.6) is 5.75 Å². The van der Waals surface area contributed by atoms with Crippen molar-refractivity contribution in [3.63, 3.8) is 0 Å². The van der Waals surface area contributed by atoms with E-state index < -0.39 is 11.4 Å². The number of hydrogen-bond acceptors (Lipinski definition) is 4. The van der Waals surface area contributed by atoms with Gasteiger partial charge in [0.05, 0.1) is 23.6 Å². The Morgan fingerprint density at radius 2 is 2.05 bits per heavy atom. The van der Waals surface area contributed by atoms with Crippen LogP contribution >= 0.6 is 0 Å². The number of benzene rings is 1. The minimum absolute atomic E-state index is 0.179. The van der Waals surface area contributed by atoms with Crippen molar-refractivity contribution in [3.05, 3.63) is 17.9 Å². The van der Waals surface area contributed by atoms with Crippen molar-refractivity contribution < 1.29 is 14.2 Å². The standard InChI is InChI=1S/C15H25FN2O2/c1-4-6-15(3,19)10-18-13-9-14(20-7-5-2)11(16)8-12(13)17/h8-9,18-19H,4-7,10,17H2,1-3H3. The molecule has 1 aromatic rings. The molecule has 20 heavy (non-hydrogen) atoms. The van der Waals surface area contributed by atoms with Gasteiger partial charge < -0.3 is 20.9 Å². The zero-order valence-corrected chi connectivity index (χ0v) is 12.5. The average molecular weight is 284 g/mol. The first-order valence-electron chi connectivity index (χ1n) is 7.07. The molecule has 0 radical (unpaired) electrons. The Kier molecular flexibility index (Phi) is 6.07. The van der Waals surface area contributed by atoms with E-state index in [1.807, 2.05) is 13.8 Å². The minimum Gasteiger partial charge on any atom is -0.490 e. The van der Waals surface area contributed by atoms with Crippen LogP contribution < -0.4 is 15.8 Å². The molecule has 0 amide bonds. The molecule has 114 valence electrons. The van der Waals surface area contributed by atoms with Gasteiger partial charge in [-0.15, -0.1) is 0 Å². The lowest BCUT2D eigenvalue weighted by molar-refractivity contribution is 0.0637. The van der Waals surface area contributed by atoms with Crippen LogP contribution in [0, 0.1) is 5.82 Å². The van der Waals surface area contributed by atoms with Crippen molar-refractivity contribution in [2.45, 2.75) is 45.6 Å². The van der Waals surface area contributed by atoms with Gasteiger partial charge in [0.2, 0.25) is 0 Å². The predicted molar refractivity (Wildman–Crippen MR) is 80.6 cm³/mol. The Hall–Kier alpha value is -1.49. The first kappa shape index (κ1) is 16.6. The first-order chi connectivity index (χ1) is 9.39. The number of rotatable bonds is 8. The van der Waals surface area contributed by atoms with Crippen LogP contribution in [0.2, 0.25) is 0 Å². The quantitative estimate of drug-likeness (QED) is 0.641. The molecule has 1 aromatic carbocycles. The second-order valence-corrected chi connectivity index (χ2v) is 5.32. The monoisotopic (exact) mass is 284 g/mol. The average Bonchev–Trinajstić information content (AvgIpc) is 2.36. The first-order valence-corrected chi connectivity index (χ1v) is 7.07. The van der Waals surface area contributed by atoms with E-state index in [9.17, 15) is 9.50 Å². The van der Waals surface area contributed by atoms with Crippen LogP contribution in [0.4, 0.5) is 15.8 Å². The number of halogens is 1. The molecular weight excluding hydrogens is 259 g/mol. The summed E-state index contributed by atoms with van der Waals surface area (Å²) in [5, 5.41) is 13.2. The summed E-state index contributed by atoms with van der Waals surface area (Å²) < 4.78 is 19.0. The second-order valence-electron chi connectivity index (χ2n) is 5.32. The Morgan fingerprint density at radius 1 is 1.35 bits per heavy atom. The van der Waals surface area contributed by atoms with Gasteiger partial charge in [0.25, 0.3) is 0 Å². The normalized spacial score (nSPS) is 13.8. The zero-order valence-electron chi connectivity index (χ0n) is 12.5. The summed E-state index contributed by atoms with van der Waals surface area (Å²) in [5.41, 5.74) is 5.85. The zero-order chi connectivity index (χ0) is 15.2. The van der Waals surface area contributed by atoms with Crippen LogP contribution in [-0.2, 0) is 0 Å². The fourth-order valence-corrected chi connectivity index (χ4v) is 1.96. The molecule has 4 nitrogen and oxygen atoms in total. The van der Waals surface area contributed by atoms with Gasteiger partial charge in [0, 0.05) is 18.7 Å². The van der Waals surface area contributed by atoms with E-state index in [-0.39, 0.29) is 5.75 Å². The highest BCUT2D eigenvalue weighted by molar-refractivity contribution is 5.68. The highest BCUT2D eigenvalue weighted by Gasteiger charge is 2.19. The molecule has 0 aromatic heterocycles. The number of nitrogens with two attached hydrogens (primary N) is 1. The third kappa shape index (κ3) is 4.89. The molecule has 0 saturated heterocycles. The summed E-state index contributed by atoms with van der Waals surface area (Å²) in [6.07, 6.45) is 2.37. The number of hydrogen-bond donors (Lipinski definition) is 3. The summed E-state index contributed by atoms with van der Waals surface area (Å²) in [7, 11) is 0. The van der Waals surface area contributed by atoms with E-state index in [1.54, 1.807) is 13.0 Å². The van der Waals surface area contributed by atoms with E-state index in [2.05, 4.69) is 5.32 Å². The molecule has 0 aliphatic carbocycles. The van der Waals surface area contributed by atoms with Gasteiger partial charge in [-0.3, -0.25) is 0 Å². The summed E-state index contributed by atoms with van der Waals surface area (Å²) in [4.78, 5) is 0. The molecule has 0 aliphatic rings. The molecule has 0 spiro atoms. The van der Waals surface area contributed by atoms with E-state index in [1.165, 1.54) is 6.07 Å². The van der Waals surface area contributed by atoms with Crippen LogP contribution in [0.15, 0.2) is 12.1 Å². The lowest BCUT2D eigenvalue weighted by Crippen LogP contribution is -2.33. The number of nitrogens with one attached hydrogen (secondary N) is 1. The summed E-state index contributed by atoms with van der Waals surface area (Å²) in [5.74, 6) is -0.291. The minimum atomic E-state index is -0.819. The van der Waals surface area contributed by atoms with Crippen molar-refractivity contribution >= 4 is 11.4 Å². The third-order valence-electron chi connectivity index (χ3n) is 3.01. The Labute approximate surface area is 120 Å². The second kappa shape index (κ2) is 7.33. The van der Waals surface area contributed by atoms with Crippen molar-refractivity contribution in [1.82, 2.24) is 0 Å². The van der Waals surface area contributed by atoms with Crippen LogP contribution in [0.1, 0.15) is 40.0 Å². The van der Waals surface area contributed by atoms with Crippen molar-refractivity contribution in [2.24, 2.45) is 0 Å². The summed E-state index contributed by atoms with van der Waals surface area (Å²) in [6, 6.07) is 2.78. The fourth-order valence-electron chi connectivity index (χ4n) is 1.96. The number of aliphatic hydroxyl groups is 1. The van der Waals surface area contributed by atoms with Gasteiger partial charge >= 0.3 is 0 Å². The van der Waals surface area contributed by atoms with Gasteiger partial charge in [-0.25, -0.2) is 4.39 Å². The molecule has 0 fully saturated rings. The molecule has 0 heterocycles. The van der Waals surface area contributed by atoms with Crippen molar-refractivity contribution in [1.29, 1.82) is 0 Å². The van der Waals surface area contributed by atoms with Crippen molar-refractivity contribution in [2.75, 3.05) is 24.2 Å². The Balaban J connectivity index is 2.79. The van der Waals surface area contributed by atoms with E-state index in [4.69, 9.17) is 10.5 Å². The van der Waals surface area contributed by atoms with E-state index in [0.29, 0.717) is 30.9 Å². The van der Waals surface area contributed by atoms with Crippen LogP contribution in [0.3, 0.4) is 0 Å². The molecular formula is C15H25FN2O2. The number of nitrogen functional groups attached to an aromatic ring is 1. The molecule has 0 aliphatic heterocycles. The molecule has 0 bridgehead atoms. The molecule has 4 N–H and O–H groups in total. The maximum atomic E-state index is 13.7. The largest absolute Gasteiger partial charge is 0.490 e. The lowest BCUT2D eigenvalue weighted by Gasteiger charge is -2.24.